The minimum absolute atomic E-state index is 0.0412. The molecule has 120 valence electrons. The number of hydrogen-bond acceptors (Lipinski definition) is 3. The topological polar surface area (TPSA) is 90.0 Å². The van der Waals surface area contributed by atoms with Gasteiger partial charge in [-0.05, 0) is 12.3 Å². The zero-order valence-electron chi connectivity index (χ0n) is 13.3. The van der Waals surface area contributed by atoms with E-state index in [-0.39, 0.29) is 23.9 Å². The van der Waals surface area contributed by atoms with Crippen LogP contribution in [0, 0.1) is 5.41 Å². The summed E-state index contributed by atoms with van der Waals surface area (Å²) in [6, 6.07) is -1.29. The molecule has 0 aromatic carbocycles. The number of amides is 3. The van der Waals surface area contributed by atoms with Crippen LogP contribution >= 0.6 is 0 Å². The van der Waals surface area contributed by atoms with Gasteiger partial charge in [-0.3, -0.25) is 9.59 Å². The van der Waals surface area contributed by atoms with Crippen molar-refractivity contribution in [1.82, 2.24) is 15.1 Å². The molecule has 2 unspecified atom stereocenters. The highest BCUT2D eigenvalue weighted by atomic mass is 16.4. The standard InChI is InChI=1S/C14H25N3O4/c1-9(14(2,3)4)16(5)13(21)17-7-6-15-12(20)10(17)8-11(18)19/h9-10H,6-8H2,1-5H3,(H,15,20)(H,18,19). The first-order chi connectivity index (χ1) is 9.55. The molecule has 7 heteroatoms. The second kappa shape index (κ2) is 6.32. The molecule has 2 N–H and O–H groups in total. The van der Waals surface area contributed by atoms with Crippen molar-refractivity contribution in [2.75, 3.05) is 20.1 Å². The van der Waals surface area contributed by atoms with Gasteiger partial charge in [-0.2, -0.15) is 0 Å². The molecule has 0 saturated carbocycles. The average Bonchev–Trinajstić information content (AvgIpc) is 2.37. The second-order valence-electron chi connectivity index (χ2n) is 6.53. The average molecular weight is 299 g/mol. The number of carboxylic acid groups (broad SMARTS) is 1. The number of urea groups is 1. The Bertz CT molecular complexity index is 430. The Morgan fingerprint density at radius 1 is 1.48 bits per heavy atom. The van der Waals surface area contributed by atoms with E-state index in [0.717, 1.165) is 0 Å². The smallest absolute Gasteiger partial charge is 0.320 e. The van der Waals surface area contributed by atoms with Gasteiger partial charge in [-0.1, -0.05) is 20.8 Å². The fourth-order valence-corrected chi connectivity index (χ4v) is 2.26. The molecule has 1 rings (SSSR count). The number of aliphatic carboxylic acids is 1. The van der Waals surface area contributed by atoms with Crippen LogP contribution in [0.5, 0.6) is 0 Å². The van der Waals surface area contributed by atoms with E-state index in [4.69, 9.17) is 5.11 Å². The minimum atomic E-state index is -1.10. The first-order valence-corrected chi connectivity index (χ1v) is 7.08. The predicted octanol–water partition coefficient (Wildman–Crippen LogP) is 0.748. The Labute approximate surface area is 125 Å². The number of piperazine rings is 1. The third-order valence-electron chi connectivity index (χ3n) is 4.08. The quantitative estimate of drug-likeness (QED) is 0.804. The lowest BCUT2D eigenvalue weighted by Gasteiger charge is -2.41. The van der Waals surface area contributed by atoms with Gasteiger partial charge in [0.2, 0.25) is 5.91 Å². The Balaban J connectivity index is 2.91. The summed E-state index contributed by atoms with van der Waals surface area (Å²) in [6.45, 7) is 8.69. The van der Waals surface area contributed by atoms with Crippen LogP contribution < -0.4 is 5.32 Å². The summed E-state index contributed by atoms with van der Waals surface area (Å²) >= 11 is 0. The molecule has 0 spiro atoms. The fraction of sp³-hybridized carbons (Fsp3) is 0.786. The van der Waals surface area contributed by atoms with Crippen molar-refractivity contribution in [1.29, 1.82) is 0 Å². The summed E-state index contributed by atoms with van der Waals surface area (Å²) < 4.78 is 0. The number of carbonyl (C=O) groups is 3. The van der Waals surface area contributed by atoms with Gasteiger partial charge in [0, 0.05) is 26.2 Å². The van der Waals surface area contributed by atoms with E-state index < -0.39 is 17.9 Å². The van der Waals surface area contributed by atoms with Gasteiger partial charge in [0.1, 0.15) is 6.04 Å². The first kappa shape index (κ1) is 17.3. The summed E-state index contributed by atoms with van der Waals surface area (Å²) in [6.07, 6.45) is -0.380. The molecule has 3 amide bonds. The molecule has 0 bridgehead atoms. The second-order valence-corrected chi connectivity index (χ2v) is 6.53. The molecule has 1 aliphatic heterocycles. The molecule has 7 nitrogen and oxygen atoms in total. The molecular weight excluding hydrogens is 274 g/mol. The maximum atomic E-state index is 12.6. The molecule has 0 aliphatic carbocycles. The van der Waals surface area contributed by atoms with Crippen LogP contribution in [0.25, 0.3) is 0 Å². The summed E-state index contributed by atoms with van der Waals surface area (Å²) in [5.41, 5.74) is -0.106. The normalized spacial score (nSPS) is 20.7. The monoisotopic (exact) mass is 299 g/mol. The largest absolute Gasteiger partial charge is 0.481 e. The van der Waals surface area contributed by atoms with Gasteiger partial charge in [-0.25, -0.2) is 4.79 Å². The van der Waals surface area contributed by atoms with E-state index in [9.17, 15) is 14.4 Å². The zero-order chi connectivity index (χ0) is 16.4. The molecule has 0 aromatic rings. The van der Waals surface area contributed by atoms with E-state index in [0.29, 0.717) is 13.1 Å². The van der Waals surface area contributed by atoms with Crippen LogP contribution in [-0.2, 0) is 9.59 Å². The highest BCUT2D eigenvalue weighted by molar-refractivity contribution is 5.91. The van der Waals surface area contributed by atoms with Crippen molar-refractivity contribution in [2.24, 2.45) is 5.41 Å². The Morgan fingerprint density at radius 3 is 2.52 bits per heavy atom. The van der Waals surface area contributed by atoms with Crippen molar-refractivity contribution in [2.45, 2.75) is 46.2 Å². The fourth-order valence-electron chi connectivity index (χ4n) is 2.26. The highest BCUT2D eigenvalue weighted by Crippen LogP contribution is 2.24. The molecule has 1 saturated heterocycles. The zero-order valence-corrected chi connectivity index (χ0v) is 13.3. The van der Waals surface area contributed by atoms with Crippen LogP contribution in [0.3, 0.4) is 0 Å². The van der Waals surface area contributed by atoms with Crippen molar-refractivity contribution in [3.05, 3.63) is 0 Å². The van der Waals surface area contributed by atoms with Crippen molar-refractivity contribution >= 4 is 17.9 Å². The lowest BCUT2D eigenvalue weighted by Crippen LogP contribution is -2.61. The molecule has 0 aromatic heterocycles. The molecule has 1 aliphatic rings. The van der Waals surface area contributed by atoms with Crippen molar-refractivity contribution < 1.29 is 19.5 Å². The minimum Gasteiger partial charge on any atom is -0.481 e. The lowest BCUT2D eigenvalue weighted by molar-refractivity contribution is -0.142. The third kappa shape index (κ3) is 4.09. The van der Waals surface area contributed by atoms with E-state index in [1.165, 1.54) is 4.90 Å². The maximum Gasteiger partial charge on any atom is 0.320 e. The van der Waals surface area contributed by atoms with E-state index in [1.54, 1.807) is 11.9 Å². The number of carboxylic acids is 1. The number of nitrogens with one attached hydrogen (secondary N) is 1. The summed E-state index contributed by atoms with van der Waals surface area (Å²) in [5, 5.41) is 11.5. The van der Waals surface area contributed by atoms with Gasteiger partial charge < -0.3 is 20.2 Å². The molecule has 21 heavy (non-hydrogen) atoms. The predicted molar refractivity (Wildman–Crippen MR) is 77.8 cm³/mol. The number of hydrogen-bond donors (Lipinski definition) is 2. The maximum absolute atomic E-state index is 12.6. The Kier molecular flexibility index (Phi) is 5.20. The van der Waals surface area contributed by atoms with Crippen LogP contribution in [0.4, 0.5) is 4.79 Å². The molecule has 1 fully saturated rings. The van der Waals surface area contributed by atoms with Crippen LogP contribution in [0.15, 0.2) is 0 Å². The lowest BCUT2D eigenvalue weighted by atomic mass is 9.87. The van der Waals surface area contributed by atoms with Gasteiger partial charge in [-0.15, -0.1) is 0 Å². The van der Waals surface area contributed by atoms with E-state index >= 15 is 0 Å². The highest BCUT2D eigenvalue weighted by Gasteiger charge is 2.38. The van der Waals surface area contributed by atoms with Crippen LogP contribution in [0.1, 0.15) is 34.1 Å². The van der Waals surface area contributed by atoms with Crippen LogP contribution in [-0.4, -0.2) is 65.0 Å². The number of nitrogens with zero attached hydrogens (tertiary/aromatic N) is 2. The number of rotatable bonds is 3. The van der Waals surface area contributed by atoms with Gasteiger partial charge in [0.25, 0.3) is 0 Å². The summed E-state index contributed by atoms with van der Waals surface area (Å²) in [5.74, 6) is -1.50. The summed E-state index contributed by atoms with van der Waals surface area (Å²) in [7, 11) is 1.68. The Hall–Kier alpha value is -1.79. The first-order valence-electron chi connectivity index (χ1n) is 7.08. The van der Waals surface area contributed by atoms with Gasteiger partial charge >= 0.3 is 12.0 Å². The molecule has 0 radical (unpaired) electrons. The molecular formula is C14H25N3O4. The Morgan fingerprint density at radius 2 is 2.05 bits per heavy atom. The van der Waals surface area contributed by atoms with Crippen LogP contribution in [0.2, 0.25) is 0 Å². The SMILES string of the molecule is CC(N(C)C(=O)N1CCNC(=O)C1CC(=O)O)C(C)(C)C. The number of carbonyl (C=O) groups excluding carboxylic acids is 2. The van der Waals surface area contributed by atoms with Crippen molar-refractivity contribution in [3.63, 3.8) is 0 Å². The molecule has 1 heterocycles. The summed E-state index contributed by atoms with van der Waals surface area (Å²) in [4.78, 5) is 38.3. The van der Waals surface area contributed by atoms with Crippen molar-refractivity contribution in [3.8, 4) is 0 Å². The third-order valence-corrected chi connectivity index (χ3v) is 4.08. The van der Waals surface area contributed by atoms with E-state index in [1.807, 2.05) is 27.7 Å². The molecule has 2 atom stereocenters. The van der Waals surface area contributed by atoms with Gasteiger partial charge in [0.05, 0.1) is 6.42 Å². The van der Waals surface area contributed by atoms with E-state index in [2.05, 4.69) is 5.32 Å². The van der Waals surface area contributed by atoms with Gasteiger partial charge in [0.15, 0.2) is 0 Å².